The molecule has 0 saturated carbocycles. The number of aliphatic hydroxyl groups excluding tert-OH is 1. The lowest BCUT2D eigenvalue weighted by atomic mass is 10.1. The molecule has 1 aromatic rings. The smallest absolute Gasteiger partial charge is 0.261 e. The maximum absolute atomic E-state index is 12.3. The molecule has 0 aliphatic rings. The van der Waals surface area contributed by atoms with Crippen LogP contribution in [0, 0.1) is 0 Å². The minimum absolute atomic E-state index is 0.0417. The monoisotopic (exact) mass is 299 g/mol. The van der Waals surface area contributed by atoms with Gasteiger partial charge in [-0.2, -0.15) is 0 Å². The number of methoxy groups -OCH3 is 1. The number of aryl methyl sites for hydroxylation is 2. The highest BCUT2D eigenvalue weighted by Crippen LogP contribution is 2.24. The molecule has 1 aromatic heterocycles. The number of amides is 1. The maximum Gasteiger partial charge on any atom is 0.261 e. The highest BCUT2D eigenvalue weighted by atomic mass is 32.1. The van der Waals surface area contributed by atoms with Crippen LogP contribution in [-0.4, -0.2) is 37.4 Å². The summed E-state index contributed by atoms with van der Waals surface area (Å²) in [5.41, 5.74) is 1.27. The zero-order valence-corrected chi connectivity index (χ0v) is 13.4. The third kappa shape index (κ3) is 4.89. The molecular formula is C15H25NO3S. The van der Waals surface area contributed by atoms with Crippen LogP contribution >= 0.6 is 11.3 Å². The van der Waals surface area contributed by atoms with Crippen molar-refractivity contribution in [2.24, 2.45) is 0 Å². The van der Waals surface area contributed by atoms with Gasteiger partial charge < -0.3 is 15.2 Å². The first kappa shape index (κ1) is 17.1. The predicted molar refractivity (Wildman–Crippen MR) is 82.5 cm³/mol. The van der Waals surface area contributed by atoms with Gasteiger partial charge in [-0.25, -0.2) is 0 Å². The van der Waals surface area contributed by atoms with Crippen LogP contribution in [0.1, 0.15) is 46.8 Å². The second-order valence-corrected chi connectivity index (χ2v) is 5.94. The summed E-state index contributed by atoms with van der Waals surface area (Å²) in [6.07, 6.45) is 3.58. The standard InChI is InChI=1S/C15H25NO3S/c1-4-6-13-11(5-2)9-14(20-13)15(18)16-12(7-8-17)10-19-3/h9,12,17H,4-8,10H2,1-3H3,(H,16,18). The second kappa shape index (κ2) is 9.10. The Balaban J connectivity index is 2.75. The Bertz CT molecular complexity index is 411. The number of carbonyl (C=O) groups excluding carboxylic acids is 1. The molecule has 20 heavy (non-hydrogen) atoms. The van der Waals surface area contributed by atoms with Gasteiger partial charge in [0.25, 0.3) is 5.91 Å². The van der Waals surface area contributed by atoms with E-state index >= 15 is 0 Å². The van der Waals surface area contributed by atoms with Crippen molar-refractivity contribution in [3.05, 3.63) is 21.4 Å². The Labute approximate surface area is 125 Å². The van der Waals surface area contributed by atoms with Crippen molar-refractivity contribution in [1.82, 2.24) is 5.32 Å². The Morgan fingerprint density at radius 3 is 2.80 bits per heavy atom. The summed E-state index contributed by atoms with van der Waals surface area (Å²) in [5.74, 6) is -0.0671. The maximum atomic E-state index is 12.3. The van der Waals surface area contributed by atoms with Gasteiger partial charge in [-0.1, -0.05) is 20.3 Å². The summed E-state index contributed by atoms with van der Waals surface area (Å²) >= 11 is 1.58. The number of thiophene rings is 1. The van der Waals surface area contributed by atoms with Gasteiger partial charge in [0.15, 0.2) is 0 Å². The molecule has 1 rings (SSSR count). The van der Waals surface area contributed by atoms with Crippen LogP contribution in [0.15, 0.2) is 6.07 Å². The predicted octanol–water partition coefficient (Wildman–Crippen LogP) is 2.39. The van der Waals surface area contributed by atoms with Gasteiger partial charge >= 0.3 is 0 Å². The van der Waals surface area contributed by atoms with Gasteiger partial charge in [-0.15, -0.1) is 11.3 Å². The highest BCUT2D eigenvalue weighted by molar-refractivity contribution is 7.14. The molecule has 0 radical (unpaired) electrons. The van der Waals surface area contributed by atoms with E-state index in [4.69, 9.17) is 9.84 Å². The summed E-state index contributed by atoms with van der Waals surface area (Å²) in [4.78, 5) is 14.3. The zero-order valence-electron chi connectivity index (χ0n) is 12.6. The lowest BCUT2D eigenvalue weighted by Gasteiger charge is -2.16. The van der Waals surface area contributed by atoms with Crippen molar-refractivity contribution in [3.8, 4) is 0 Å². The Morgan fingerprint density at radius 1 is 1.50 bits per heavy atom. The lowest BCUT2D eigenvalue weighted by Crippen LogP contribution is -2.38. The second-order valence-electron chi connectivity index (χ2n) is 4.80. The molecule has 0 aliphatic carbocycles. The number of rotatable bonds is 9. The summed E-state index contributed by atoms with van der Waals surface area (Å²) < 4.78 is 5.06. The van der Waals surface area contributed by atoms with Crippen LogP contribution in [-0.2, 0) is 17.6 Å². The fourth-order valence-electron chi connectivity index (χ4n) is 2.13. The summed E-state index contributed by atoms with van der Waals surface area (Å²) in [6.45, 7) is 4.72. The van der Waals surface area contributed by atoms with Gasteiger partial charge in [0.2, 0.25) is 0 Å². The van der Waals surface area contributed by atoms with E-state index in [1.807, 2.05) is 6.07 Å². The first-order valence-corrected chi connectivity index (χ1v) is 8.00. The lowest BCUT2D eigenvalue weighted by molar-refractivity contribution is 0.0882. The quantitative estimate of drug-likeness (QED) is 0.736. The molecule has 0 spiro atoms. The van der Waals surface area contributed by atoms with E-state index in [0.29, 0.717) is 13.0 Å². The summed E-state index contributed by atoms with van der Waals surface area (Å²) in [6, 6.07) is 1.85. The fourth-order valence-corrected chi connectivity index (χ4v) is 3.39. The van der Waals surface area contributed by atoms with Crippen LogP contribution in [0.5, 0.6) is 0 Å². The van der Waals surface area contributed by atoms with Crippen LogP contribution in [0.3, 0.4) is 0 Å². The summed E-state index contributed by atoms with van der Waals surface area (Å²) in [7, 11) is 1.59. The van der Waals surface area contributed by atoms with E-state index in [2.05, 4.69) is 19.2 Å². The van der Waals surface area contributed by atoms with E-state index < -0.39 is 0 Å². The summed E-state index contributed by atoms with van der Waals surface area (Å²) in [5, 5.41) is 11.9. The number of carbonyl (C=O) groups is 1. The molecule has 2 N–H and O–H groups in total. The van der Waals surface area contributed by atoms with E-state index in [0.717, 1.165) is 24.1 Å². The van der Waals surface area contributed by atoms with E-state index in [1.54, 1.807) is 18.4 Å². The van der Waals surface area contributed by atoms with Crippen molar-refractivity contribution >= 4 is 17.2 Å². The first-order valence-electron chi connectivity index (χ1n) is 7.18. The van der Waals surface area contributed by atoms with Crippen molar-refractivity contribution in [2.45, 2.75) is 45.6 Å². The van der Waals surface area contributed by atoms with Crippen LogP contribution in [0.4, 0.5) is 0 Å². The van der Waals surface area contributed by atoms with Crippen molar-refractivity contribution < 1.29 is 14.6 Å². The number of ether oxygens (including phenoxy) is 1. The molecule has 4 nitrogen and oxygen atoms in total. The number of aliphatic hydroxyl groups is 1. The van der Waals surface area contributed by atoms with Gasteiger partial charge in [0.1, 0.15) is 0 Å². The number of hydrogen-bond acceptors (Lipinski definition) is 4. The SMILES string of the molecule is CCCc1sc(C(=O)NC(CCO)COC)cc1CC. The zero-order chi connectivity index (χ0) is 15.0. The molecule has 0 aromatic carbocycles. The van der Waals surface area contributed by atoms with Gasteiger partial charge in [-0.3, -0.25) is 4.79 Å². The molecule has 1 atom stereocenters. The fraction of sp³-hybridized carbons (Fsp3) is 0.667. The Kier molecular flexibility index (Phi) is 7.80. The largest absolute Gasteiger partial charge is 0.396 e. The molecule has 0 aliphatic heterocycles. The van der Waals surface area contributed by atoms with E-state index in [-0.39, 0.29) is 18.6 Å². The Hall–Kier alpha value is -0.910. The van der Waals surface area contributed by atoms with Crippen LogP contribution < -0.4 is 5.32 Å². The number of hydrogen-bond donors (Lipinski definition) is 2. The molecule has 1 amide bonds. The normalized spacial score (nSPS) is 12.4. The molecular weight excluding hydrogens is 274 g/mol. The highest BCUT2D eigenvalue weighted by Gasteiger charge is 2.17. The molecule has 5 heteroatoms. The molecule has 1 heterocycles. The molecule has 114 valence electrons. The minimum atomic E-state index is -0.140. The average molecular weight is 299 g/mol. The minimum Gasteiger partial charge on any atom is -0.396 e. The van der Waals surface area contributed by atoms with Gasteiger partial charge in [0.05, 0.1) is 17.5 Å². The van der Waals surface area contributed by atoms with Gasteiger partial charge in [0, 0.05) is 18.6 Å². The van der Waals surface area contributed by atoms with E-state index in [9.17, 15) is 4.79 Å². The molecule has 0 saturated heterocycles. The average Bonchev–Trinajstić information content (AvgIpc) is 2.83. The van der Waals surface area contributed by atoms with E-state index in [1.165, 1.54) is 10.4 Å². The molecule has 0 fully saturated rings. The van der Waals surface area contributed by atoms with Gasteiger partial charge in [-0.05, 0) is 30.9 Å². The van der Waals surface area contributed by atoms with Crippen molar-refractivity contribution in [2.75, 3.05) is 20.3 Å². The van der Waals surface area contributed by atoms with Crippen molar-refractivity contribution in [1.29, 1.82) is 0 Å². The molecule has 0 bridgehead atoms. The topological polar surface area (TPSA) is 58.6 Å². The van der Waals surface area contributed by atoms with Crippen molar-refractivity contribution in [3.63, 3.8) is 0 Å². The van der Waals surface area contributed by atoms with Crippen LogP contribution in [0.25, 0.3) is 0 Å². The van der Waals surface area contributed by atoms with Crippen LogP contribution in [0.2, 0.25) is 0 Å². The first-order chi connectivity index (χ1) is 9.65. The third-order valence-corrected chi connectivity index (χ3v) is 4.39. The number of nitrogens with one attached hydrogen (secondary N) is 1. The Morgan fingerprint density at radius 2 is 2.25 bits per heavy atom. The molecule has 1 unspecified atom stereocenters. The third-order valence-electron chi connectivity index (χ3n) is 3.16.